The van der Waals surface area contributed by atoms with Crippen molar-refractivity contribution in [3.63, 3.8) is 0 Å². The number of pyridine rings is 1. The summed E-state index contributed by atoms with van der Waals surface area (Å²) in [5.41, 5.74) is 6.16. The fourth-order valence-electron chi connectivity index (χ4n) is 3.53. The zero-order chi connectivity index (χ0) is 15.2. The van der Waals surface area contributed by atoms with E-state index in [2.05, 4.69) is 78.9 Å². The van der Waals surface area contributed by atoms with Crippen LogP contribution in [0.4, 0.5) is 0 Å². The highest BCUT2D eigenvalue weighted by atomic mass is 14.7. The third-order valence-electron chi connectivity index (χ3n) is 4.70. The average molecular weight is 293 g/mol. The van der Waals surface area contributed by atoms with Crippen molar-refractivity contribution in [2.75, 3.05) is 0 Å². The molecule has 1 atom stereocenters. The molecule has 0 bridgehead atoms. The monoisotopic (exact) mass is 293 g/mol. The van der Waals surface area contributed by atoms with Gasteiger partial charge < -0.3 is 0 Å². The van der Waals surface area contributed by atoms with Gasteiger partial charge in [0.05, 0.1) is 11.0 Å². The highest BCUT2D eigenvalue weighted by Gasteiger charge is 2.18. The molecule has 1 aliphatic rings. The number of allylic oxidation sites excluding steroid dienone is 1. The fourth-order valence-corrected chi connectivity index (χ4v) is 3.53. The van der Waals surface area contributed by atoms with E-state index >= 15 is 0 Å². The Labute approximate surface area is 134 Å². The Kier molecular flexibility index (Phi) is 2.62. The van der Waals surface area contributed by atoms with Gasteiger partial charge in [-0.1, -0.05) is 60.7 Å². The van der Waals surface area contributed by atoms with Gasteiger partial charge in [-0.05, 0) is 41.0 Å². The van der Waals surface area contributed by atoms with Crippen molar-refractivity contribution >= 4 is 27.9 Å². The van der Waals surface area contributed by atoms with Gasteiger partial charge in [0.2, 0.25) is 0 Å². The van der Waals surface area contributed by atoms with E-state index in [0.29, 0.717) is 5.92 Å². The zero-order valence-electron chi connectivity index (χ0n) is 12.6. The summed E-state index contributed by atoms with van der Waals surface area (Å²) >= 11 is 0. The highest BCUT2D eigenvalue weighted by molar-refractivity contribution is 5.93. The van der Waals surface area contributed by atoms with Gasteiger partial charge in [0.1, 0.15) is 0 Å². The first kappa shape index (κ1) is 12.6. The highest BCUT2D eigenvalue weighted by Crippen LogP contribution is 2.36. The van der Waals surface area contributed by atoms with Crippen LogP contribution in [0.5, 0.6) is 0 Å². The molecule has 0 saturated heterocycles. The Balaban J connectivity index is 1.69. The molecule has 0 radical (unpaired) electrons. The quantitative estimate of drug-likeness (QED) is 0.419. The van der Waals surface area contributed by atoms with Gasteiger partial charge in [0.15, 0.2) is 0 Å². The van der Waals surface area contributed by atoms with E-state index in [9.17, 15) is 0 Å². The standard InChI is InChI=1S/C22H15N/c1-3-7-19-15(5-1)9-11-20(19)16-10-12-22-18(13-16)14-17-6-2-4-8-21(17)23-22/h1-14,20H. The third kappa shape index (κ3) is 1.97. The summed E-state index contributed by atoms with van der Waals surface area (Å²) in [7, 11) is 0. The number of benzene rings is 3. The van der Waals surface area contributed by atoms with Crippen molar-refractivity contribution in [2.45, 2.75) is 5.92 Å². The van der Waals surface area contributed by atoms with Crippen LogP contribution in [0.3, 0.4) is 0 Å². The molecule has 3 aromatic carbocycles. The van der Waals surface area contributed by atoms with Crippen molar-refractivity contribution in [3.05, 3.63) is 95.6 Å². The topological polar surface area (TPSA) is 12.9 Å². The van der Waals surface area contributed by atoms with Crippen LogP contribution in [0.1, 0.15) is 22.6 Å². The van der Waals surface area contributed by atoms with E-state index in [1.807, 2.05) is 6.07 Å². The largest absolute Gasteiger partial charge is 0.248 e. The van der Waals surface area contributed by atoms with Crippen molar-refractivity contribution in [2.24, 2.45) is 0 Å². The Morgan fingerprint density at radius 2 is 1.52 bits per heavy atom. The molecule has 0 aliphatic heterocycles. The first-order valence-electron chi connectivity index (χ1n) is 7.95. The van der Waals surface area contributed by atoms with Crippen molar-refractivity contribution < 1.29 is 0 Å². The van der Waals surface area contributed by atoms with Crippen LogP contribution in [0, 0.1) is 0 Å². The SMILES string of the molecule is C1=CC(c2ccc3nc4ccccc4cc3c2)c2ccccc21. The second-order valence-corrected chi connectivity index (χ2v) is 6.10. The van der Waals surface area contributed by atoms with Crippen LogP contribution in [0.15, 0.2) is 78.9 Å². The van der Waals surface area contributed by atoms with Crippen molar-refractivity contribution in [1.82, 2.24) is 4.98 Å². The molecule has 23 heavy (non-hydrogen) atoms. The van der Waals surface area contributed by atoms with E-state index in [0.717, 1.165) is 11.0 Å². The molecule has 0 N–H and O–H groups in total. The number of para-hydroxylation sites is 1. The second kappa shape index (κ2) is 4.79. The van der Waals surface area contributed by atoms with Gasteiger partial charge in [-0.2, -0.15) is 0 Å². The molecule has 4 aromatic rings. The predicted octanol–water partition coefficient (Wildman–Crippen LogP) is 5.55. The summed E-state index contributed by atoms with van der Waals surface area (Å²) in [6.45, 7) is 0. The van der Waals surface area contributed by atoms with Gasteiger partial charge in [-0.3, -0.25) is 0 Å². The van der Waals surface area contributed by atoms with Gasteiger partial charge in [-0.15, -0.1) is 0 Å². The molecule has 1 nitrogen and oxygen atoms in total. The molecule has 0 fully saturated rings. The zero-order valence-corrected chi connectivity index (χ0v) is 12.6. The maximum atomic E-state index is 4.77. The summed E-state index contributed by atoms with van der Waals surface area (Å²) < 4.78 is 0. The van der Waals surface area contributed by atoms with E-state index < -0.39 is 0 Å². The fraction of sp³-hybridized carbons (Fsp3) is 0.0455. The number of nitrogens with zero attached hydrogens (tertiary/aromatic N) is 1. The van der Waals surface area contributed by atoms with Gasteiger partial charge >= 0.3 is 0 Å². The van der Waals surface area contributed by atoms with E-state index in [1.54, 1.807) is 0 Å². The van der Waals surface area contributed by atoms with Crippen LogP contribution in [0.25, 0.3) is 27.9 Å². The summed E-state index contributed by atoms with van der Waals surface area (Å²) in [6, 6.07) is 25.8. The van der Waals surface area contributed by atoms with Crippen LogP contribution in [-0.2, 0) is 0 Å². The number of hydrogen-bond acceptors (Lipinski definition) is 1. The number of hydrogen-bond donors (Lipinski definition) is 0. The lowest BCUT2D eigenvalue weighted by molar-refractivity contribution is 1.05. The average Bonchev–Trinajstić information content (AvgIpc) is 3.03. The summed E-state index contributed by atoms with van der Waals surface area (Å²) in [4.78, 5) is 4.77. The lowest BCUT2D eigenvalue weighted by Crippen LogP contribution is -1.96. The van der Waals surface area contributed by atoms with Crippen molar-refractivity contribution in [3.8, 4) is 0 Å². The van der Waals surface area contributed by atoms with Crippen LogP contribution >= 0.6 is 0 Å². The predicted molar refractivity (Wildman–Crippen MR) is 96.6 cm³/mol. The molecule has 1 unspecified atom stereocenters. The molecular formula is C22H15N. The van der Waals surface area contributed by atoms with E-state index in [-0.39, 0.29) is 0 Å². The molecule has 1 aliphatic carbocycles. The van der Waals surface area contributed by atoms with Gasteiger partial charge in [0.25, 0.3) is 0 Å². The minimum absolute atomic E-state index is 0.349. The van der Waals surface area contributed by atoms with Crippen LogP contribution in [0.2, 0.25) is 0 Å². The second-order valence-electron chi connectivity index (χ2n) is 6.10. The van der Waals surface area contributed by atoms with Crippen LogP contribution < -0.4 is 0 Å². The Bertz CT molecular complexity index is 1080. The van der Waals surface area contributed by atoms with Crippen molar-refractivity contribution in [1.29, 1.82) is 0 Å². The Morgan fingerprint density at radius 1 is 0.696 bits per heavy atom. The molecule has 0 saturated carbocycles. The Morgan fingerprint density at radius 3 is 2.52 bits per heavy atom. The van der Waals surface area contributed by atoms with Gasteiger partial charge in [-0.25, -0.2) is 4.98 Å². The lowest BCUT2D eigenvalue weighted by Gasteiger charge is -2.12. The first-order chi connectivity index (χ1) is 11.4. The molecule has 1 aromatic heterocycles. The number of rotatable bonds is 1. The summed E-state index contributed by atoms with van der Waals surface area (Å²) in [6.07, 6.45) is 4.52. The molecule has 5 rings (SSSR count). The molecule has 0 amide bonds. The molecule has 0 spiro atoms. The number of aromatic nitrogens is 1. The minimum atomic E-state index is 0.349. The molecule has 1 heteroatoms. The normalized spacial score (nSPS) is 16.1. The maximum Gasteiger partial charge on any atom is 0.0709 e. The Hall–Kier alpha value is -2.93. The molecule has 108 valence electrons. The van der Waals surface area contributed by atoms with E-state index in [4.69, 9.17) is 4.98 Å². The lowest BCUT2D eigenvalue weighted by atomic mass is 9.92. The van der Waals surface area contributed by atoms with Gasteiger partial charge in [0, 0.05) is 16.7 Å². The third-order valence-corrected chi connectivity index (χ3v) is 4.70. The summed E-state index contributed by atoms with van der Waals surface area (Å²) in [5, 5.41) is 2.40. The first-order valence-corrected chi connectivity index (χ1v) is 7.95. The smallest absolute Gasteiger partial charge is 0.0709 e. The van der Waals surface area contributed by atoms with Crippen LogP contribution in [-0.4, -0.2) is 4.98 Å². The summed E-state index contributed by atoms with van der Waals surface area (Å²) in [5.74, 6) is 0.349. The molecule has 1 heterocycles. The molecular weight excluding hydrogens is 278 g/mol. The number of fused-ring (bicyclic) bond motifs is 3. The van der Waals surface area contributed by atoms with E-state index in [1.165, 1.54) is 27.5 Å². The minimum Gasteiger partial charge on any atom is -0.248 e. The maximum absolute atomic E-state index is 4.77.